The number of ether oxygens (including phenoxy) is 1. The lowest BCUT2D eigenvalue weighted by molar-refractivity contribution is 0.00950. The Kier molecular flexibility index (Phi) is 2.79. The van der Waals surface area contributed by atoms with E-state index in [0.717, 1.165) is 13.0 Å². The lowest BCUT2D eigenvalue weighted by atomic mass is 9.98. The van der Waals surface area contributed by atoms with Gasteiger partial charge in [0.05, 0.1) is 5.60 Å². The average Bonchev–Trinajstić information content (AvgIpc) is 2.46. The van der Waals surface area contributed by atoms with Crippen molar-refractivity contribution in [1.82, 2.24) is 0 Å². The normalized spacial score (nSPS) is 42.8. The fourth-order valence-corrected chi connectivity index (χ4v) is 2.24. The zero-order valence-corrected chi connectivity index (χ0v) is 7.53. The maximum absolute atomic E-state index is 5.81. The van der Waals surface area contributed by atoms with Crippen LogP contribution in [-0.4, -0.2) is 18.2 Å². The molecule has 1 unspecified atom stereocenters. The van der Waals surface area contributed by atoms with E-state index in [0.29, 0.717) is 6.04 Å². The number of hydrogen-bond donors (Lipinski definition) is 1. The highest BCUT2D eigenvalue weighted by molar-refractivity contribution is 5.85. The van der Waals surface area contributed by atoms with Crippen molar-refractivity contribution in [2.24, 2.45) is 5.73 Å². The van der Waals surface area contributed by atoms with Crippen LogP contribution in [0.4, 0.5) is 0 Å². The van der Waals surface area contributed by atoms with E-state index < -0.39 is 0 Å². The summed E-state index contributed by atoms with van der Waals surface area (Å²) in [7, 11) is 0. The average molecular weight is 178 g/mol. The molecular weight excluding hydrogens is 162 g/mol. The molecule has 2 N–H and O–H groups in total. The Bertz CT molecular complexity index is 134. The number of halogens is 1. The van der Waals surface area contributed by atoms with Gasteiger partial charge in [-0.25, -0.2) is 0 Å². The molecule has 66 valence electrons. The molecule has 0 amide bonds. The highest BCUT2D eigenvalue weighted by atomic mass is 35.5. The summed E-state index contributed by atoms with van der Waals surface area (Å²) in [6, 6.07) is 0.415. The van der Waals surface area contributed by atoms with Crippen molar-refractivity contribution in [1.29, 1.82) is 0 Å². The van der Waals surface area contributed by atoms with Gasteiger partial charge in [0.1, 0.15) is 0 Å². The summed E-state index contributed by atoms with van der Waals surface area (Å²) >= 11 is 0. The second kappa shape index (κ2) is 3.30. The minimum Gasteiger partial charge on any atom is -0.375 e. The lowest BCUT2D eigenvalue weighted by Gasteiger charge is -2.21. The van der Waals surface area contributed by atoms with Gasteiger partial charge in [-0.15, -0.1) is 12.4 Å². The first-order valence-electron chi connectivity index (χ1n) is 4.20. The largest absolute Gasteiger partial charge is 0.375 e. The quantitative estimate of drug-likeness (QED) is 0.608. The first-order valence-corrected chi connectivity index (χ1v) is 4.20. The van der Waals surface area contributed by atoms with Gasteiger partial charge in [-0.3, -0.25) is 0 Å². The number of nitrogens with two attached hydrogens (primary N) is 1. The molecule has 1 saturated carbocycles. The van der Waals surface area contributed by atoms with Crippen molar-refractivity contribution in [3.8, 4) is 0 Å². The van der Waals surface area contributed by atoms with E-state index in [-0.39, 0.29) is 18.0 Å². The molecule has 0 aromatic carbocycles. The summed E-state index contributed by atoms with van der Waals surface area (Å²) in [5.41, 5.74) is 6.04. The van der Waals surface area contributed by atoms with Gasteiger partial charge >= 0.3 is 0 Å². The summed E-state index contributed by atoms with van der Waals surface area (Å²) in [6.45, 7) is 0.965. The predicted octanol–water partition coefficient (Wildman–Crippen LogP) is 1.47. The molecule has 1 saturated heterocycles. The van der Waals surface area contributed by atoms with Crippen LogP contribution >= 0.6 is 12.4 Å². The van der Waals surface area contributed by atoms with Crippen LogP contribution in [0.5, 0.6) is 0 Å². The van der Waals surface area contributed by atoms with E-state index in [2.05, 4.69) is 0 Å². The Morgan fingerprint density at radius 1 is 1.36 bits per heavy atom. The van der Waals surface area contributed by atoms with Gasteiger partial charge in [-0.1, -0.05) is 0 Å². The molecule has 2 atom stereocenters. The van der Waals surface area contributed by atoms with E-state index in [1.807, 2.05) is 0 Å². The van der Waals surface area contributed by atoms with E-state index in [9.17, 15) is 0 Å². The third-order valence-electron chi connectivity index (χ3n) is 2.79. The SMILES string of the molecule is Cl.NC1CC[C@]2(CCCO2)C1. The van der Waals surface area contributed by atoms with Crippen LogP contribution in [0.15, 0.2) is 0 Å². The van der Waals surface area contributed by atoms with Crippen LogP contribution in [0, 0.1) is 0 Å². The standard InChI is InChI=1S/C8H15NO.ClH/c9-7-2-4-8(6-7)3-1-5-10-8;/h7H,1-6,9H2;1H/t7?,8-;/m1./s1. The van der Waals surface area contributed by atoms with Crippen molar-refractivity contribution < 1.29 is 4.74 Å². The lowest BCUT2D eigenvalue weighted by Crippen LogP contribution is -2.26. The van der Waals surface area contributed by atoms with Gasteiger partial charge in [-0.2, -0.15) is 0 Å². The maximum atomic E-state index is 5.81. The summed E-state index contributed by atoms with van der Waals surface area (Å²) in [5, 5.41) is 0. The van der Waals surface area contributed by atoms with Gasteiger partial charge in [-0.05, 0) is 32.1 Å². The molecule has 2 rings (SSSR count). The molecule has 0 aromatic heterocycles. The molecule has 2 aliphatic rings. The van der Waals surface area contributed by atoms with Crippen molar-refractivity contribution in [3.63, 3.8) is 0 Å². The third kappa shape index (κ3) is 1.68. The van der Waals surface area contributed by atoms with Crippen molar-refractivity contribution >= 4 is 12.4 Å². The zero-order valence-electron chi connectivity index (χ0n) is 6.71. The number of rotatable bonds is 0. The molecule has 2 fully saturated rings. The van der Waals surface area contributed by atoms with Gasteiger partial charge < -0.3 is 10.5 Å². The van der Waals surface area contributed by atoms with Gasteiger partial charge in [0.15, 0.2) is 0 Å². The van der Waals surface area contributed by atoms with Crippen molar-refractivity contribution in [2.75, 3.05) is 6.61 Å². The van der Waals surface area contributed by atoms with Crippen LogP contribution in [-0.2, 0) is 4.74 Å². The molecule has 1 aliphatic carbocycles. The topological polar surface area (TPSA) is 35.2 Å². The van der Waals surface area contributed by atoms with E-state index in [1.54, 1.807) is 0 Å². The first-order chi connectivity index (χ1) is 4.81. The van der Waals surface area contributed by atoms with Gasteiger partial charge in [0.25, 0.3) is 0 Å². The molecule has 3 heteroatoms. The number of hydrogen-bond acceptors (Lipinski definition) is 2. The fraction of sp³-hybridized carbons (Fsp3) is 1.00. The van der Waals surface area contributed by atoms with Crippen LogP contribution in [0.1, 0.15) is 32.1 Å². The van der Waals surface area contributed by atoms with Crippen molar-refractivity contribution in [2.45, 2.75) is 43.7 Å². The second-order valence-electron chi connectivity index (χ2n) is 3.64. The van der Waals surface area contributed by atoms with Crippen LogP contribution in [0.3, 0.4) is 0 Å². The monoisotopic (exact) mass is 177 g/mol. The summed E-state index contributed by atoms with van der Waals surface area (Å²) in [4.78, 5) is 0. The van der Waals surface area contributed by atoms with E-state index in [1.165, 1.54) is 25.7 Å². The van der Waals surface area contributed by atoms with E-state index in [4.69, 9.17) is 10.5 Å². The molecular formula is C8H16ClNO. The Hall–Kier alpha value is 0.210. The highest BCUT2D eigenvalue weighted by Crippen LogP contribution is 2.40. The zero-order chi connectivity index (χ0) is 7.03. The molecule has 0 radical (unpaired) electrons. The Balaban J connectivity index is 0.000000605. The van der Waals surface area contributed by atoms with Gasteiger partial charge in [0, 0.05) is 12.6 Å². The first kappa shape index (κ1) is 9.30. The Labute approximate surface area is 73.9 Å². The summed E-state index contributed by atoms with van der Waals surface area (Å²) in [6.07, 6.45) is 5.97. The summed E-state index contributed by atoms with van der Waals surface area (Å²) < 4.78 is 5.69. The molecule has 0 aromatic rings. The molecule has 0 bridgehead atoms. The highest BCUT2D eigenvalue weighted by Gasteiger charge is 2.40. The van der Waals surface area contributed by atoms with Crippen LogP contribution in [0.2, 0.25) is 0 Å². The molecule has 11 heavy (non-hydrogen) atoms. The molecule has 1 heterocycles. The Morgan fingerprint density at radius 3 is 2.64 bits per heavy atom. The third-order valence-corrected chi connectivity index (χ3v) is 2.79. The molecule has 2 nitrogen and oxygen atoms in total. The predicted molar refractivity (Wildman–Crippen MR) is 47.0 cm³/mol. The fourth-order valence-electron chi connectivity index (χ4n) is 2.24. The molecule has 1 aliphatic heterocycles. The van der Waals surface area contributed by atoms with Crippen molar-refractivity contribution in [3.05, 3.63) is 0 Å². The minimum absolute atomic E-state index is 0. The summed E-state index contributed by atoms with van der Waals surface area (Å²) in [5.74, 6) is 0. The minimum atomic E-state index is 0. The molecule has 1 spiro atoms. The smallest absolute Gasteiger partial charge is 0.0698 e. The van der Waals surface area contributed by atoms with Gasteiger partial charge in [0.2, 0.25) is 0 Å². The Morgan fingerprint density at radius 2 is 2.18 bits per heavy atom. The maximum Gasteiger partial charge on any atom is 0.0698 e. The second-order valence-corrected chi connectivity index (χ2v) is 3.64. The van der Waals surface area contributed by atoms with E-state index >= 15 is 0 Å². The van der Waals surface area contributed by atoms with Crippen LogP contribution < -0.4 is 5.73 Å². The van der Waals surface area contributed by atoms with Crippen LogP contribution in [0.25, 0.3) is 0 Å².